The third-order valence-corrected chi connectivity index (χ3v) is 5.79. The van der Waals surface area contributed by atoms with E-state index in [1.807, 2.05) is 32.0 Å². The van der Waals surface area contributed by atoms with Crippen LogP contribution in [-0.4, -0.2) is 36.0 Å². The highest BCUT2D eigenvalue weighted by Crippen LogP contribution is 2.27. The van der Waals surface area contributed by atoms with Crippen molar-refractivity contribution in [2.24, 2.45) is 5.92 Å². The number of anilines is 2. The van der Waals surface area contributed by atoms with Gasteiger partial charge in [0.25, 0.3) is 0 Å². The maximum absolute atomic E-state index is 12.6. The van der Waals surface area contributed by atoms with E-state index in [0.717, 1.165) is 42.8 Å². The molecular formula is C21H27Cl2N5O. The Bertz CT molecular complexity index is 866. The molecule has 0 bridgehead atoms. The Hall–Kier alpha value is -2.05. The van der Waals surface area contributed by atoms with Crippen molar-refractivity contribution in [2.75, 3.05) is 24.3 Å². The molecule has 1 fully saturated rings. The maximum Gasteiger partial charge on any atom is 0.225 e. The van der Waals surface area contributed by atoms with Gasteiger partial charge >= 0.3 is 0 Å². The first-order valence-corrected chi connectivity index (χ1v) is 10.6. The summed E-state index contributed by atoms with van der Waals surface area (Å²) >= 11 is 12.2. The van der Waals surface area contributed by atoms with Gasteiger partial charge in [-0.05, 0) is 56.4 Å². The number of hydrogen-bond donors (Lipinski definition) is 2. The molecule has 1 aromatic heterocycles. The van der Waals surface area contributed by atoms with E-state index in [0.29, 0.717) is 22.5 Å². The van der Waals surface area contributed by atoms with Crippen LogP contribution in [0.3, 0.4) is 0 Å². The topological polar surface area (TPSA) is 70.2 Å². The molecule has 1 aromatic carbocycles. The average Bonchev–Trinajstić information content (AvgIpc) is 2.68. The fourth-order valence-electron chi connectivity index (χ4n) is 3.53. The molecule has 2 N–H and O–H groups in total. The minimum Gasteiger partial charge on any atom is -0.363 e. The Morgan fingerprint density at radius 2 is 1.86 bits per heavy atom. The van der Waals surface area contributed by atoms with Gasteiger partial charge in [-0.2, -0.15) is 4.98 Å². The van der Waals surface area contributed by atoms with Crippen molar-refractivity contribution in [1.82, 2.24) is 15.3 Å². The lowest BCUT2D eigenvalue weighted by atomic mass is 9.85. The summed E-state index contributed by atoms with van der Waals surface area (Å²) in [4.78, 5) is 23.6. The van der Waals surface area contributed by atoms with Gasteiger partial charge in [-0.25, -0.2) is 4.98 Å². The number of nitrogens with zero attached hydrogens (tertiary/aromatic N) is 3. The molecule has 29 heavy (non-hydrogen) atoms. The zero-order valence-corrected chi connectivity index (χ0v) is 18.5. The second kappa shape index (κ2) is 9.63. The highest BCUT2D eigenvalue weighted by atomic mass is 35.5. The van der Waals surface area contributed by atoms with Crippen LogP contribution >= 0.6 is 23.2 Å². The van der Waals surface area contributed by atoms with E-state index in [-0.39, 0.29) is 17.9 Å². The molecule has 0 atom stereocenters. The van der Waals surface area contributed by atoms with Crippen molar-refractivity contribution in [3.05, 3.63) is 45.6 Å². The zero-order chi connectivity index (χ0) is 21.0. The second-order valence-corrected chi connectivity index (χ2v) is 8.58. The van der Waals surface area contributed by atoms with E-state index in [1.54, 1.807) is 18.2 Å². The van der Waals surface area contributed by atoms with Gasteiger partial charge in [-0.15, -0.1) is 0 Å². The Labute approximate surface area is 182 Å². The van der Waals surface area contributed by atoms with Crippen molar-refractivity contribution in [2.45, 2.75) is 45.2 Å². The largest absolute Gasteiger partial charge is 0.363 e. The van der Waals surface area contributed by atoms with Crippen molar-refractivity contribution in [3.63, 3.8) is 0 Å². The summed E-state index contributed by atoms with van der Waals surface area (Å²) in [6, 6.07) is 7.51. The minimum absolute atomic E-state index is 0.0155. The van der Waals surface area contributed by atoms with E-state index >= 15 is 0 Å². The molecule has 8 heteroatoms. The zero-order valence-electron chi connectivity index (χ0n) is 17.0. The van der Waals surface area contributed by atoms with Crippen LogP contribution in [0.4, 0.5) is 11.8 Å². The number of hydrogen-bond acceptors (Lipinski definition) is 5. The number of benzene rings is 1. The standard InChI is InChI=1S/C21H27Cl2N5O/c1-13-10-19(28(2)3)27-21(25-13)26-17-7-4-14(5-8-17)20(29)24-12-15-11-16(22)6-9-18(15)23/h6,9-11,14,17H,4-5,7-8,12H2,1-3H3,(H,24,29)(H,25,26,27)/t14-,17+. The lowest BCUT2D eigenvalue weighted by molar-refractivity contribution is -0.126. The monoisotopic (exact) mass is 435 g/mol. The third kappa shape index (κ3) is 5.97. The summed E-state index contributed by atoms with van der Waals surface area (Å²) in [7, 11) is 3.93. The van der Waals surface area contributed by atoms with Crippen molar-refractivity contribution in [3.8, 4) is 0 Å². The number of rotatable bonds is 6. The molecule has 6 nitrogen and oxygen atoms in total. The highest BCUT2D eigenvalue weighted by Gasteiger charge is 2.26. The van der Waals surface area contributed by atoms with Crippen LogP contribution in [-0.2, 0) is 11.3 Å². The van der Waals surface area contributed by atoms with Gasteiger partial charge < -0.3 is 15.5 Å². The molecule has 1 saturated carbocycles. The van der Waals surface area contributed by atoms with Crippen LogP contribution < -0.4 is 15.5 Å². The first-order chi connectivity index (χ1) is 13.8. The average molecular weight is 436 g/mol. The summed E-state index contributed by atoms with van der Waals surface area (Å²) < 4.78 is 0. The molecule has 2 aromatic rings. The maximum atomic E-state index is 12.6. The SMILES string of the molecule is Cc1cc(N(C)C)nc(N[C@H]2CC[C@@H](C(=O)NCc3cc(Cl)ccc3Cl)CC2)n1. The molecule has 1 heterocycles. The highest BCUT2D eigenvalue weighted by molar-refractivity contribution is 6.33. The van der Waals surface area contributed by atoms with Gasteiger partial charge in [-0.1, -0.05) is 23.2 Å². The van der Waals surface area contributed by atoms with E-state index < -0.39 is 0 Å². The van der Waals surface area contributed by atoms with Crippen LogP contribution in [0.15, 0.2) is 24.3 Å². The molecule has 1 aliphatic rings. The molecular weight excluding hydrogens is 409 g/mol. The van der Waals surface area contributed by atoms with Crippen LogP contribution in [0.1, 0.15) is 36.9 Å². The second-order valence-electron chi connectivity index (χ2n) is 7.73. The molecule has 0 spiro atoms. The number of carbonyl (C=O) groups excluding carboxylic acids is 1. The minimum atomic E-state index is 0.0155. The molecule has 0 saturated heterocycles. The van der Waals surface area contributed by atoms with Gasteiger partial charge in [-0.3, -0.25) is 4.79 Å². The number of aryl methyl sites for hydroxylation is 1. The molecule has 0 radical (unpaired) electrons. The van der Waals surface area contributed by atoms with E-state index in [9.17, 15) is 4.79 Å². The first kappa shape index (κ1) is 21.7. The summed E-state index contributed by atoms with van der Waals surface area (Å²) in [5, 5.41) is 7.65. The van der Waals surface area contributed by atoms with Crippen molar-refractivity contribution in [1.29, 1.82) is 0 Å². The molecule has 3 rings (SSSR count). The number of nitrogens with one attached hydrogen (secondary N) is 2. The van der Waals surface area contributed by atoms with Crippen LogP contribution in [0.5, 0.6) is 0 Å². The number of carbonyl (C=O) groups is 1. The van der Waals surface area contributed by atoms with Crippen molar-refractivity contribution >= 4 is 40.9 Å². The van der Waals surface area contributed by atoms with Crippen molar-refractivity contribution < 1.29 is 4.79 Å². The quantitative estimate of drug-likeness (QED) is 0.701. The van der Waals surface area contributed by atoms with Gasteiger partial charge in [0.15, 0.2) is 0 Å². The Kier molecular flexibility index (Phi) is 7.19. The summed E-state index contributed by atoms with van der Waals surface area (Å²) in [5.41, 5.74) is 1.76. The van der Waals surface area contributed by atoms with Crippen LogP contribution in [0.2, 0.25) is 10.0 Å². The number of halogens is 2. The molecule has 1 amide bonds. The van der Waals surface area contributed by atoms with Gasteiger partial charge in [0.1, 0.15) is 5.82 Å². The van der Waals surface area contributed by atoms with Gasteiger partial charge in [0, 0.05) is 54.4 Å². The van der Waals surface area contributed by atoms with Gasteiger partial charge in [0.2, 0.25) is 11.9 Å². The predicted octanol–water partition coefficient (Wildman–Crippen LogP) is 4.44. The lowest BCUT2D eigenvalue weighted by Gasteiger charge is -2.28. The fourth-order valence-corrected chi connectivity index (χ4v) is 3.91. The summed E-state index contributed by atoms with van der Waals surface area (Å²) in [6.07, 6.45) is 3.48. The predicted molar refractivity (Wildman–Crippen MR) is 119 cm³/mol. The van der Waals surface area contributed by atoms with E-state index in [4.69, 9.17) is 23.2 Å². The molecule has 156 valence electrons. The number of amides is 1. The Balaban J connectivity index is 1.50. The molecule has 0 aliphatic heterocycles. The normalized spacial score (nSPS) is 18.9. The van der Waals surface area contributed by atoms with Crippen LogP contribution in [0, 0.1) is 12.8 Å². The van der Waals surface area contributed by atoms with Gasteiger partial charge in [0.05, 0.1) is 0 Å². The third-order valence-electron chi connectivity index (χ3n) is 5.19. The smallest absolute Gasteiger partial charge is 0.225 e. The lowest BCUT2D eigenvalue weighted by Crippen LogP contribution is -2.36. The summed E-state index contributed by atoms with van der Waals surface area (Å²) in [6.45, 7) is 2.36. The Morgan fingerprint density at radius 3 is 2.55 bits per heavy atom. The Morgan fingerprint density at radius 1 is 1.14 bits per heavy atom. The summed E-state index contributed by atoms with van der Waals surface area (Å²) in [5.74, 6) is 1.62. The molecule has 1 aliphatic carbocycles. The fraction of sp³-hybridized carbons (Fsp3) is 0.476. The number of aromatic nitrogens is 2. The van der Waals surface area contributed by atoms with E-state index in [2.05, 4.69) is 20.6 Å². The van der Waals surface area contributed by atoms with Crippen LogP contribution in [0.25, 0.3) is 0 Å². The van der Waals surface area contributed by atoms with E-state index in [1.165, 1.54) is 0 Å². The first-order valence-electron chi connectivity index (χ1n) is 9.83. The molecule has 0 unspecified atom stereocenters.